The molecule has 1 aromatic carbocycles. The van der Waals surface area contributed by atoms with E-state index in [0.29, 0.717) is 23.7 Å². The van der Waals surface area contributed by atoms with Crippen molar-refractivity contribution in [2.75, 3.05) is 13.7 Å². The average molecular weight is 240 g/mol. The van der Waals surface area contributed by atoms with Gasteiger partial charge >= 0.3 is 5.97 Å². The zero-order valence-electron chi connectivity index (χ0n) is 9.57. The summed E-state index contributed by atoms with van der Waals surface area (Å²) in [6.07, 6.45) is 0.893. The summed E-state index contributed by atoms with van der Waals surface area (Å²) in [6.45, 7) is 2.24. The minimum absolute atomic E-state index is 0.311. The lowest BCUT2D eigenvalue weighted by Crippen LogP contribution is -1.98. The Morgan fingerprint density at radius 3 is 2.76 bits per heavy atom. The van der Waals surface area contributed by atoms with E-state index in [9.17, 15) is 9.18 Å². The number of hydrogen-bond acceptors (Lipinski definition) is 3. The molecule has 0 aromatic heterocycles. The molecule has 0 heterocycles. The molecule has 0 aliphatic carbocycles. The quantitative estimate of drug-likeness (QED) is 0.803. The van der Waals surface area contributed by atoms with E-state index < -0.39 is 11.8 Å². The van der Waals surface area contributed by atoms with Gasteiger partial charge in [0.15, 0.2) is 11.5 Å². The first-order valence-electron chi connectivity index (χ1n) is 5.00. The fraction of sp³-hybridized carbons (Fsp3) is 0.250. The molecule has 17 heavy (non-hydrogen) atoms. The van der Waals surface area contributed by atoms with Crippen LogP contribution in [-0.2, 0) is 4.79 Å². The van der Waals surface area contributed by atoms with E-state index in [1.54, 1.807) is 25.1 Å². The maximum Gasteiger partial charge on any atom is 0.364 e. The van der Waals surface area contributed by atoms with Gasteiger partial charge in [-0.15, -0.1) is 0 Å². The minimum Gasteiger partial charge on any atom is -0.492 e. The number of carboxylic acid groups (broad SMARTS) is 1. The molecule has 0 bridgehead atoms. The van der Waals surface area contributed by atoms with Crippen molar-refractivity contribution in [3.63, 3.8) is 0 Å². The molecular weight excluding hydrogens is 227 g/mol. The Morgan fingerprint density at radius 2 is 2.24 bits per heavy atom. The van der Waals surface area contributed by atoms with Crippen LogP contribution in [0.25, 0.3) is 6.08 Å². The monoisotopic (exact) mass is 240 g/mol. The van der Waals surface area contributed by atoms with E-state index in [2.05, 4.69) is 0 Å². The number of hydrogen-bond donors (Lipinski definition) is 1. The summed E-state index contributed by atoms with van der Waals surface area (Å²) in [6, 6.07) is 4.84. The lowest BCUT2D eigenvalue weighted by molar-refractivity contribution is -0.134. The minimum atomic E-state index is -1.62. The van der Waals surface area contributed by atoms with Gasteiger partial charge in [-0.3, -0.25) is 0 Å². The van der Waals surface area contributed by atoms with Crippen LogP contribution in [-0.4, -0.2) is 24.8 Å². The van der Waals surface area contributed by atoms with Crippen LogP contribution in [0.4, 0.5) is 4.39 Å². The van der Waals surface area contributed by atoms with Crippen molar-refractivity contribution >= 4 is 12.0 Å². The highest BCUT2D eigenvalue weighted by Gasteiger charge is 2.11. The van der Waals surface area contributed by atoms with E-state index in [4.69, 9.17) is 14.6 Å². The summed E-state index contributed by atoms with van der Waals surface area (Å²) in [5, 5.41) is 8.46. The standard InChI is InChI=1S/C12H13FO4/c1-3-17-10-6-4-5-8(11(10)16-2)7-9(13)12(14)15/h4-7H,3H2,1-2H3,(H,14,15). The third-order valence-corrected chi connectivity index (χ3v) is 2.00. The number of aliphatic carboxylic acids is 1. The maximum atomic E-state index is 13.0. The van der Waals surface area contributed by atoms with Crippen molar-refractivity contribution in [3.8, 4) is 11.5 Å². The number of benzene rings is 1. The van der Waals surface area contributed by atoms with Crippen molar-refractivity contribution in [2.45, 2.75) is 6.92 Å². The normalized spacial score (nSPS) is 11.1. The van der Waals surface area contributed by atoms with Gasteiger partial charge in [0.25, 0.3) is 0 Å². The zero-order chi connectivity index (χ0) is 12.8. The second kappa shape index (κ2) is 5.89. The summed E-state index contributed by atoms with van der Waals surface area (Å²) in [5.74, 6) is -2.11. The van der Waals surface area contributed by atoms with Gasteiger partial charge < -0.3 is 14.6 Å². The molecule has 4 nitrogen and oxygen atoms in total. The first-order chi connectivity index (χ1) is 8.10. The molecule has 0 saturated carbocycles. The first-order valence-corrected chi connectivity index (χ1v) is 5.00. The van der Waals surface area contributed by atoms with Crippen LogP contribution >= 0.6 is 0 Å². The van der Waals surface area contributed by atoms with Gasteiger partial charge in [-0.2, -0.15) is 4.39 Å². The number of halogens is 1. The van der Waals surface area contributed by atoms with Gasteiger partial charge in [-0.25, -0.2) is 4.79 Å². The van der Waals surface area contributed by atoms with E-state index in [-0.39, 0.29) is 0 Å². The molecule has 0 unspecified atom stereocenters. The number of ether oxygens (including phenoxy) is 2. The second-order valence-electron chi connectivity index (χ2n) is 3.11. The van der Waals surface area contributed by atoms with Gasteiger partial charge in [-0.05, 0) is 19.1 Å². The Labute approximate surface area is 98.3 Å². The molecule has 0 atom stereocenters. The van der Waals surface area contributed by atoms with E-state index in [0.717, 1.165) is 6.08 Å². The Bertz CT molecular complexity index is 440. The topological polar surface area (TPSA) is 55.8 Å². The average Bonchev–Trinajstić information content (AvgIpc) is 2.29. The highest BCUT2D eigenvalue weighted by Crippen LogP contribution is 2.32. The largest absolute Gasteiger partial charge is 0.492 e. The number of carboxylic acids is 1. The van der Waals surface area contributed by atoms with Gasteiger partial charge in [0, 0.05) is 5.56 Å². The zero-order valence-corrected chi connectivity index (χ0v) is 9.57. The van der Waals surface area contributed by atoms with Crippen LogP contribution in [0, 0.1) is 0 Å². The second-order valence-corrected chi connectivity index (χ2v) is 3.11. The lowest BCUT2D eigenvalue weighted by atomic mass is 10.1. The van der Waals surface area contributed by atoms with Crippen molar-refractivity contribution < 1.29 is 23.8 Å². The van der Waals surface area contributed by atoms with Gasteiger partial charge in [0.1, 0.15) is 0 Å². The van der Waals surface area contributed by atoms with E-state index in [1.807, 2.05) is 0 Å². The molecule has 1 N–H and O–H groups in total. The smallest absolute Gasteiger partial charge is 0.364 e. The molecule has 5 heteroatoms. The summed E-state index contributed by atoms with van der Waals surface area (Å²) in [4.78, 5) is 10.4. The molecule has 0 aliphatic heterocycles. The molecular formula is C12H13FO4. The van der Waals surface area contributed by atoms with Gasteiger partial charge in [-0.1, -0.05) is 12.1 Å². The first kappa shape index (κ1) is 13.0. The van der Waals surface area contributed by atoms with E-state index in [1.165, 1.54) is 7.11 Å². The van der Waals surface area contributed by atoms with Crippen molar-refractivity contribution in [2.24, 2.45) is 0 Å². The molecule has 1 aromatic rings. The maximum absolute atomic E-state index is 13.0. The molecule has 0 spiro atoms. The number of rotatable bonds is 5. The highest BCUT2D eigenvalue weighted by molar-refractivity contribution is 5.90. The Kier molecular flexibility index (Phi) is 4.51. The molecule has 0 radical (unpaired) electrons. The molecule has 92 valence electrons. The lowest BCUT2D eigenvalue weighted by Gasteiger charge is -2.11. The van der Waals surface area contributed by atoms with Crippen LogP contribution in [0.3, 0.4) is 0 Å². The summed E-state index contributed by atoms with van der Waals surface area (Å²) < 4.78 is 23.4. The fourth-order valence-electron chi connectivity index (χ4n) is 1.33. The summed E-state index contributed by atoms with van der Waals surface area (Å²) >= 11 is 0. The predicted molar refractivity (Wildman–Crippen MR) is 60.9 cm³/mol. The van der Waals surface area contributed by atoms with E-state index >= 15 is 0 Å². The van der Waals surface area contributed by atoms with Crippen LogP contribution in [0.5, 0.6) is 11.5 Å². The number of carbonyl (C=O) groups is 1. The Morgan fingerprint density at radius 1 is 1.53 bits per heavy atom. The van der Waals surface area contributed by atoms with Gasteiger partial charge in [0.05, 0.1) is 13.7 Å². The van der Waals surface area contributed by atoms with Crippen molar-refractivity contribution in [1.29, 1.82) is 0 Å². The Balaban J connectivity index is 3.20. The third kappa shape index (κ3) is 3.21. The summed E-state index contributed by atoms with van der Waals surface area (Å²) in [5.41, 5.74) is 0.318. The van der Waals surface area contributed by atoms with Crippen LogP contribution in [0.2, 0.25) is 0 Å². The SMILES string of the molecule is CCOc1cccc(C=C(F)C(=O)O)c1OC. The molecule has 1 rings (SSSR count). The molecule has 0 aliphatic rings. The van der Waals surface area contributed by atoms with Crippen LogP contribution in [0.1, 0.15) is 12.5 Å². The third-order valence-electron chi connectivity index (χ3n) is 2.00. The van der Waals surface area contributed by atoms with Crippen LogP contribution < -0.4 is 9.47 Å². The van der Waals surface area contributed by atoms with Gasteiger partial charge in [0.2, 0.25) is 5.83 Å². The predicted octanol–water partition coefficient (Wildman–Crippen LogP) is 2.49. The summed E-state index contributed by atoms with van der Waals surface area (Å²) in [7, 11) is 1.41. The number of para-hydroxylation sites is 1. The van der Waals surface area contributed by atoms with Crippen molar-refractivity contribution in [1.82, 2.24) is 0 Å². The van der Waals surface area contributed by atoms with Crippen molar-refractivity contribution in [3.05, 3.63) is 29.6 Å². The Hall–Kier alpha value is -2.04. The molecule has 0 saturated heterocycles. The molecule has 0 amide bonds. The number of methoxy groups -OCH3 is 1. The fourth-order valence-corrected chi connectivity index (χ4v) is 1.33. The molecule has 0 fully saturated rings. The highest BCUT2D eigenvalue weighted by atomic mass is 19.1. The van der Waals surface area contributed by atoms with Crippen LogP contribution in [0.15, 0.2) is 24.0 Å².